The van der Waals surface area contributed by atoms with Gasteiger partial charge in [0.1, 0.15) is 0 Å². The summed E-state index contributed by atoms with van der Waals surface area (Å²) in [6, 6.07) is 0.374. The normalized spacial score (nSPS) is 10.6. The lowest BCUT2D eigenvalue weighted by Crippen LogP contribution is -2.36. The van der Waals surface area contributed by atoms with E-state index < -0.39 is 0 Å². The van der Waals surface area contributed by atoms with Crippen LogP contribution >= 0.6 is 22.6 Å². The topological polar surface area (TPSA) is 55.0 Å². The van der Waals surface area contributed by atoms with Gasteiger partial charge in [-0.25, -0.2) is 9.97 Å². The minimum Gasteiger partial charge on any atom is -0.337 e. The molecule has 78 valence electrons. The lowest BCUT2D eigenvalue weighted by molar-refractivity contribution is 0.663. The first-order valence-corrected chi connectivity index (χ1v) is 5.67. The summed E-state index contributed by atoms with van der Waals surface area (Å²) in [6.45, 7) is 5.62. The van der Waals surface area contributed by atoms with E-state index in [0.717, 1.165) is 16.1 Å². The van der Waals surface area contributed by atoms with Gasteiger partial charge in [0.15, 0.2) is 0 Å². The van der Waals surface area contributed by atoms with Crippen molar-refractivity contribution < 1.29 is 0 Å². The second-order valence-electron chi connectivity index (χ2n) is 3.28. The summed E-state index contributed by atoms with van der Waals surface area (Å²) in [5.41, 5.74) is 5.54. The molecule has 0 radical (unpaired) electrons. The quantitative estimate of drug-likeness (QED) is 0.851. The van der Waals surface area contributed by atoms with Gasteiger partial charge in [-0.2, -0.15) is 0 Å². The number of nitrogens with zero attached hydrogens (tertiary/aromatic N) is 3. The lowest BCUT2D eigenvalue weighted by Gasteiger charge is -2.25. The highest BCUT2D eigenvalue weighted by atomic mass is 127. The van der Waals surface area contributed by atoms with E-state index >= 15 is 0 Å². The van der Waals surface area contributed by atoms with Crippen LogP contribution in [0.2, 0.25) is 0 Å². The Bertz CT molecular complexity index is 273. The molecule has 0 aliphatic carbocycles. The molecule has 0 saturated heterocycles. The summed E-state index contributed by atoms with van der Waals surface area (Å²) in [7, 11) is 0. The summed E-state index contributed by atoms with van der Waals surface area (Å²) in [4.78, 5) is 10.6. The maximum Gasteiger partial charge on any atom is 0.225 e. The molecule has 1 rings (SSSR count). The van der Waals surface area contributed by atoms with Crippen LogP contribution < -0.4 is 10.6 Å². The Kier molecular flexibility index (Phi) is 4.53. The van der Waals surface area contributed by atoms with Crippen LogP contribution in [0.3, 0.4) is 0 Å². The molecule has 0 atom stereocenters. The monoisotopic (exact) mass is 306 g/mol. The van der Waals surface area contributed by atoms with Crippen molar-refractivity contribution in [2.75, 3.05) is 18.0 Å². The van der Waals surface area contributed by atoms with E-state index in [1.165, 1.54) is 0 Å². The Morgan fingerprint density at radius 1 is 1.43 bits per heavy atom. The van der Waals surface area contributed by atoms with Crippen molar-refractivity contribution >= 4 is 28.5 Å². The molecule has 0 amide bonds. The summed E-state index contributed by atoms with van der Waals surface area (Å²) in [6.07, 6.45) is 3.63. The molecule has 1 heterocycles. The highest BCUT2D eigenvalue weighted by molar-refractivity contribution is 14.1. The van der Waals surface area contributed by atoms with Gasteiger partial charge >= 0.3 is 0 Å². The zero-order chi connectivity index (χ0) is 10.6. The molecular weight excluding hydrogens is 291 g/mol. The van der Waals surface area contributed by atoms with Crippen LogP contribution in [0.1, 0.15) is 13.8 Å². The average Bonchev–Trinajstić information content (AvgIpc) is 2.15. The number of hydrogen-bond donors (Lipinski definition) is 1. The van der Waals surface area contributed by atoms with E-state index in [0.29, 0.717) is 12.6 Å². The Labute approximate surface area is 98.1 Å². The standard InChI is InChI=1S/C9H15IN4/c1-7(2)14(4-3-11)9-12-5-8(10)6-13-9/h5-7H,3-4,11H2,1-2H3. The minimum absolute atomic E-state index is 0.374. The van der Waals surface area contributed by atoms with Crippen molar-refractivity contribution in [1.29, 1.82) is 0 Å². The maximum atomic E-state index is 5.54. The lowest BCUT2D eigenvalue weighted by atomic mass is 10.3. The van der Waals surface area contributed by atoms with Gasteiger partial charge in [0.25, 0.3) is 0 Å². The molecule has 0 aliphatic heterocycles. The molecule has 0 aromatic carbocycles. The van der Waals surface area contributed by atoms with E-state index in [4.69, 9.17) is 5.73 Å². The molecule has 0 aliphatic rings. The third-order valence-electron chi connectivity index (χ3n) is 1.86. The Morgan fingerprint density at radius 2 is 2.00 bits per heavy atom. The van der Waals surface area contributed by atoms with E-state index in [2.05, 4.69) is 51.3 Å². The van der Waals surface area contributed by atoms with Gasteiger partial charge in [0.05, 0.1) is 0 Å². The summed E-state index contributed by atoms with van der Waals surface area (Å²) in [5, 5.41) is 0. The SMILES string of the molecule is CC(C)N(CCN)c1ncc(I)cn1. The zero-order valence-corrected chi connectivity index (χ0v) is 10.6. The van der Waals surface area contributed by atoms with Crippen LogP contribution in [0.4, 0.5) is 5.95 Å². The molecule has 5 heteroatoms. The van der Waals surface area contributed by atoms with Crippen molar-refractivity contribution in [3.05, 3.63) is 16.0 Å². The van der Waals surface area contributed by atoms with Gasteiger partial charge in [-0.15, -0.1) is 0 Å². The van der Waals surface area contributed by atoms with E-state index in [-0.39, 0.29) is 0 Å². The first-order valence-electron chi connectivity index (χ1n) is 4.59. The fourth-order valence-corrected chi connectivity index (χ4v) is 1.46. The molecule has 4 nitrogen and oxygen atoms in total. The summed E-state index contributed by atoms with van der Waals surface area (Å²) >= 11 is 2.19. The fraction of sp³-hybridized carbons (Fsp3) is 0.556. The molecule has 1 aromatic heterocycles. The van der Waals surface area contributed by atoms with Gasteiger partial charge in [-0.3, -0.25) is 0 Å². The predicted molar refractivity (Wildman–Crippen MR) is 66.3 cm³/mol. The second-order valence-corrected chi connectivity index (χ2v) is 4.52. The summed E-state index contributed by atoms with van der Waals surface area (Å²) < 4.78 is 1.04. The fourth-order valence-electron chi connectivity index (χ4n) is 1.18. The molecule has 1 aromatic rings. The average molecular weight is 306 g/mol. The van der Waals surface area contributed by atoms with Crippen molar-refractivity contribution in [2.24, 2.45) is 5.73 Å². The minimum atomic E-state index is 0.374. The van der Waals surface area contributed by atoms with E-state index in [1.54, 1.807) is 0 Å². The molecule has 0 fully saturated rings. The van der Waals surface area contributed by atoms with Crippen molar-refractivity contribution in [3.8, 4) is 0 Å². The van der Waals surface area contributed by atoms with Crippen LogP contribution in [0, 0.1) is 3.57 Å². The van der Waals surface area contributed by atoms with Gasteiger partial charge in [-0.05, 0) is 36.4 Å². The zero-order valence-electron chi connectivity index (χ0n) is 8.44. The predicted octanol–water partition coefficient (Wildman–Crippen LogP) is 1.25. The summed E-state index contributed by atoms with van der Waals surface area (Å²) in [5.74, 6) is 0.755. The van der Waals surface area contributed by atoms with E-state index in [1.807, 2.05) is 12.4 Å². The first kappa shape index (κ1) is 11.6. The highest BCUT2D eigenvalue weighted by Gasteiger charge is 2.11. The van der Waals surface area contributed by atoms with Crippen molar-refractivity contribution in [2.45, 2.75) is 19.9 Å². The molecule has 0 unspecified atom stereocenters. The molecule has 2 N–H and O–H groups in total. The van der Waals surface area contributed by atoms with Gasteiger partial charge in [0, 0.05) is 35.1 Å². The van der Waals surface area contributed by atoms with Crippen LogP contribution in [-0.4, -0.2) is 29.1 Å². The number of halogens is 1. The van der Waals surface area contributed by atoms with E-state index in [9.17, 15) is 0 Å². The Morgan fingerprint density at radius 3 is 2.43 bits per heavy atom. The molecule has 0 spiro atoms. The molecular formula is C9H15IN4. The first-order chi connectivity index (χ1) is 6.65. The van der Waals surface area contributed by atoms with Gasteiger partial charge in [-0.1, -0.05) is 0 Å². The third-order valence-corrected chi connectivity index (χ3v) is 2.41. The van der Waals surface area contributed by atoms with Crippen LogP contribution in [-0.2, 0) is 0 Å². The van der Waals surface area contributed by atoms with Gasteiger partial charge in [0.2, 0.25) is 5.95 Å². The number of aromatic nitrogens is 2. The number of nitrogens with two attached hydrogens (primary N) is 1. The number of anilines is 1. The van der Waals surface area contributed by atoms with Gasteiger partial charge < -0.3 is 10.6 Å². The number of rotatable bonds is 4. The van der Waals surface area contributed by atoms with Crippen LogP contribution in [0.25, 0.3) is 0 Å². The second kappa shape index (κ2) is 5.45. The van der Waals surface area contributed by atoms with Crippen LogP contribution in [0.15, 0.2) is 12.4 Å². The largest absolute Gasteiger partial charge is 0.337 e. The molecule has 0 bridgehead atoms. The number of hydrogen-bond acceptors (Lipinski definition) is 4. The van der Waals surface area contributed by atoms with Crippen molar-refractivity contribution in [3.63, 3.8) is 0 Å². The van der Waals surface area contributed by atoms with Crippen molar-refractivity contribution in [1.82, 2.24) is 9.97 Å². The third kappa shape index (κ3) is 3.06. The molecule has 14 heavy (non-hydrogen) atoms. The molecule has 0 saturated carbocycles. The smallest absolute Gasteiger partial charge is 0.225 e. The maximum absolute atomic E-state index is 5.54. The van der Waals surface area contributed by atoms with Crippen LogP contribution in [0.5, 0.6) is 0 Å². The Balaban J connectivity index is 2.82. The highest BCUT2D eigenvalue weighted by Crippen LogP contribution is 2.10. The Hall–Kier alpha value is -0.430.